The summed E-state index contributed by atoms with van der Waals surface area (Å²) in [5, 5.41) is 3.69. The van der Waals surface area contributed by atoms with Gasteiger partial charge in [0, 0.05) is 31.1 Å². The maximum atomic E-state index is 12.9. The molecule has 0 aromatic carbocycles. The van der Waals surface area contributed by atoms with E-state index in [1.165, 1.54) is 64.2 Å². The molecule has 0 radical (unpaired) electrons. The number of rotatable bonds is 2. The minimum Gasteiger partial charge on any atom is -0.339 e. The van der Waals surface area contributed by atoms with E-state index < -0.39 is 0 Å². The van der Waals surface area contributed by atoms with Crippen LogP contribution in [-0.2, 0) is 4.79 Å². The highest BCUT2D eigenvalue weighted by atomic mass is 35.5. The van der Waals surface area contributed by atoms with Gasteiger partial charge in [-0.05, 0) is 63.2 Å². The molecule has 4 aliphatic rings. The summed E-state index contributed by atoms with van der Waals surface area (Å²) < 4.78 is 0. The molecule has 0 spiro atoms. The first kappa shape index (κ1) is 16.6. The number of carbonyl (C=O) groups is 1. The Bertz CT molecular complexity index is 389. The summed E-state index contributed by atoms with van der Waals surface area (Å²) in [6, 6.07) is 2.02. The first-order chi connectivity index (χ1) is 10.3. The fraction of sp³-hybridized carbons (Fsp3) is 0.944. The number of nitrogens with one attached hydrogen (secondary N) is 1. The molecule has 3 heterocycles. The zero-order valence-corrected chi connectivity index (χ0v) is 14.5. The number of piperidine rings is 2. The third-order valence-corrected chi connectivity index (χ3v) is 6.60. The third kappa shape index (κ3) is 3.31. The van der Waals surface area contributed by atoms with Gasteiger partial charge in [-0.3, -0.25) is 4.79 Å². The number of halogens is 1. The molecule has 3 aliphatic heterocycles. The second-order valence-electron chi connectivity index (χ2n) is 8.02. The van der Waals surface area contributed by atoms with Crippen LogP contribution in [0.5, 0.6) is 0 Å². The molecule has 4 fully saturated rings. The van der Waals surface area contributed by atoms with Gasteiger partial charge in [-0.25, -0.2) is 0 Å². The van der Waals surface area contributed by atoms with Crippen LogP contribution >= 0.6 is 12.4 Å². The van der Waals surface area contributed by atoms with Crippen LogP contribution in [0, 0.1) is 11.8 Å². The summed E-state index contributed by atoms with van der Waals surface area (Å²) >= 11 is 0. The molecule has 1 saturated carbocycles. The van der Waals surface area contributed by atoms with Crippen LogP contribution in [-0.4, -0.2) is 35.5 Å². The Balaban J connectivity index is 0.00000144. The van der Waals surface area contributed by atoms with Gasteiger partial charge in [-0.1, -0.05) is 12.8 Å². The van der Waals surface area contributed by atoms with E-state index in [1.807, 2.05) is 0 Å². The number of likely N-dealkylation sites (tertiary alicyclic amines) is 1. The maximum Gasteiger partial charge on any atom is 0.223 e. The average Bonchev–Trinajstić information content (AvgIpc) is 2.85. The van der Waals surface area contributed by atoms with Crippen molar-refractivity contribution in [2.75, 3.05) is 6.54 Å². The zero-order chi connectivity index (χ0) is 14.2. The minimum atomic E-state index is 0. The molecule has 0 aromatic rings. The van der Waals surface area contributed by atoms with Crippen LogP contribution in [0.2, 0.25) is 0 Å². The Morgan fingerprint density at radius 1 is 0.955 bits per heavy atom. The molecule has 1 N–H and O–H groups in total. The quantitative estimate of drug-likeness (QED) is 0.842. The number of nitrogens with zero attached hydrogens (tertiary/aromatic N) is 1. The Morgan fingerprint density at radius 2 is 1.64 bits per heavy atom. The fourth-order valence-electron chi connectivity index (χ4n) is 5.64. The Morgan fingerprint density at radius 3 is 2.41 bits per heavy atom. The Labute approximate surface area is 141 Å². The Kier molecular flexibility index (Phi) is 5.34. The van der Waals surface area contributed by atoms with Crippen molar-refractivity contribution in [3.8, 4) is 0 Å². The van der Waals surface area contributed by atoms with Gasteiger partial charge in [0.15, 0.2) is 0 Å². The van der Waals surface area contributed by atoms with E-state index in [1.54, 1.807) is 0 Å². The van der Waals surface area contributed by atoms with Crippen LogP contribution in [0.25, 0.3) is 0 Å². The van der Waals surface area contributed by atoms with E-state index in [0.29, 0.717) is 30.0 Å². The lowest BCUT2D eigenvalue weighted by molar-refractivity contribution is -0.138. The summed E-state index contributed by atoms with van der Waals surface area (Å²) in [5.41, 5.74) is 0. The van der Waals surface area contributed by atoms with Gasteiger partial charge in [-0.2, -0.15) is 0 Å². The average molecular weight is 327 g/mol. The summed E-state index contributed by atoms with van der Waals surface area (Å²) in [4.78, 5) is 15.2. The molecular formula is C18H31ClN2O. The van der Waals surface area contributed by atoms with Crippen molar-refractivity contribution in [3.05, 3.63) is 0 Å². The van der Waals surface area contributed by atoms with Gasteiger partial charge in [0.2, 0.25) is 5.91 Å². The molecule has 1 amide bonds. The summed E-state index contributed by atoms with van der Waals surface area (Å²) in [5.74, 6) is 1.96. The molecule has 126 valence electrons. The maximum absolute atomic E-state index is 12.9. The predicted octanol–water partition coefficient (Wildman–Crippen LogP) is 3.51. The third-order valence-electron chi connectivity index (χ3n) is 6.60. The number of hydrogen-bond acceptors (Lipinski definition) is 2. The topological polar surface area (TPSA) is 32.3 Å². The number of fused-ring (bicyclic) bond motifs is 3. The molecule has 3 nitrogen and oxygen atoms in total. The highest BCUT2D eigenvalue weighted by molar-refractivity contribution is 5.85. The van der Waals surface area contributed by atoms with Crippen molar-refractivity contribution < 1.29 is 4.79 Å². The monoisotopic (exact) mass is 326 g/mol. The van der Waals surface area contributed by atoms with Gasteiger partial charge in [0.1, 0.15) is 0 Å². The number of carbonyl (C=O) groups excluding carboxylic acids is 1. The van der Waals surface area contributed by atoms with E-state index in [-0.39, 0.29) is 12.4 Å². The second kappa shape index (κ2) is 7.09. The summed E-state index contributed by atoms with van der Waals surface area (Å²) in [6.07, 6.45) is 14.0. The van der Waals surface area contributed by atoms with Gasteiger partial charge in [0.25, 0.3) is 0 Å². The lowest BCUT2D eigenvalue weighted by atomic mass is 9.78. The molecule has 22 heavy (non-hydrogen) atoms. The second-order valence-corrected chi connectivity index (χ2v) is 8.02. The standard InChI is InChI=1S/C18H30N2O.ClH/c21-18(12-13-10-15-7-8-16(11-13)19-15)20-9-3-5-14-4-1-2-6-17(14)20;/h13-17,19H,1-12H2;1H. The lowest BCUT2D eigenvalue weighted by Gasteiger charge is -2.44. The lowest BCUT2D eigenvalue weighted by Crippen LogP contribution is -2.50. The van der Waals surface area contributed by atoms with Crippen molar-refractivity contribution >= 4 is 18.3 Å². The molecule has 4 rings (SSSR count). The highest BCUT2D eigenvalue weighted by Gasteiger charge is 2.38. The molecule has 3 saturated heterocycles. The molecule has 0 aromatic heterocycles. The first-order valence-corrected chi connectivity index (χ1v) is 9.35. The van der Waals surface area contributed by atoms with Crippen molar-refractivity contribution in [3.63, 3.8) is 0 Å². The largest absolute Gasteiger partial charge is 0.339 e. The van der Waals surface area contributed by atoms with E-state index in [4.69, 9.17) is 0 Å². The number of hydrogen-bond donors (Lipinski definition) is 1. The van der Waals surface area contributed by atoms with E-state index >= 15 is 0 Å². The summed E-state index contributed by atoms with van der Waals surface area (Å²) in [7, 11) is 0. The van der Waals surface area contributed by atoms with Gasteiger partial charge >= 0.3 is 0 Å². The van der Waals surface area contributed by atoms with E-state index in [0.717, 1.165) is 18.9 Å². The summed E-state index contributed by atoms with van der Waals surface area (Å²) in [6.45, 7) is 1.04. The molecule has 4 unspecified atom stereocenters. The van der Waals surface area contributed by atoms with Crippen LogP contribution in [0.4, 0.5) is 0 Å². The smallest absolute Gasteiger partial charge is 0.223 e. The zero-order valence-electron chi connectivity index (χ0n) is 13.6. The molecule has 2 bridgehead atoms. The van der Waals surface area contributed by atoms with Crippen LogP contribution < -0.4 is 5.32 Å². The fourth-order valence-corrected chi connectivity index (χ4v) is 5.64. The van der Waals surface area contributed by atoms with Gasteiger partial charge in [-0.15, -0.1) is 12.4 Å². The molecule has 1 aliphatic carbocycles. The number of amides is 1. The molecular weight excluding hydrogens is 296 g/mol. The normalized spacial score (nSPS) is 40.7. The molecule has 4 heteroatoms. The van der Waals surface area contributed by atoms with Crippen molar-refractivity contribution in [1.82, 2.24) is 10.2 Å². The van der Waals surface area contributed by atoms with Crippen LogP contribution in [0.1, 0.15) is 70.6 Å². The SMILES string of the molecule is Cl.O=C(CC1CC2CCC(C1)N2)N1CCCC2CCCCC21. The highest BCUT2D eigenvalue weighted by Crippen LogP contribution is 2.37. The van der Waals surface area contributed by atoms with Crippen molar-refractivity contribution in [1.29, 1.82) is 0 Å². The van der Waals surface area contributed by atoms with Gasteiger partial charge < -0.3 is 10.2 Å². The van der Waals surface area contributed by atoms with Crippen LogP contribution in [0.15, 0.2) is 0 Å². The van der Waals surface area contributed by atoms with Crippen molar-refractivity contribution in [2.24, 2.45) is 11.8 Å². The van der Waals surface area contributed by atoms with Gasteiger partial charge in [0.05, 0.1) is 0 Å². The van der Waals surface area contributed by atoms with E-state index in [2.05, 4.69) is 10.2 Å². The van der Waals surface area contributed by atoms with E-state index in [9.17, 15) is 4.79 Å². The first-order valence-electron chi connectivity index (χ1n) is 9.35. The molecule has 4 atom stereocenters. The Hall–Kier alpha value is -0.280. The van der Waals surface area contributed by atoms with Crippen molar-refractivity contribution in [2.45, 2.75) is 88.8 Å². The minimum absolute atomic E-state index is 0. The predicted molar refractivity (Wildman–Crippen MR) is 91.2 cm³/mol. The van der Waals surface area contributed by atoms with Crippen LogP contribution in [0.3, 0.4) is 0 Å².